The standard InChI is InChI=1S/C13H14ClN3O3S/c1-2-5-15-12(19)17-11(18)7-21-13-16-9-4-3-8(14)6-10(9)20-13/h3-4,6H,2,5,7H2,1H3,(H2,15,17,18,19). The van der Waals surface area contributed by atoms with Gasteiger partial charge in [0.2, 0.25) is 5.91 Å². The molecule has 1 aromatic carbocycles. The van der Waals surface area contributed by atoms with Crippen molar-refractivity contribution >= 4 is 46.4 Å². The van der Waals surface area contributed by atoms with E-state index in [-0.39, 0.29) is 5.75 Å². The smallest absolute Gasteiger partial charge is 0.321 e. The van der Waals surface area contributed by atoms with Gasteiger partial charge in [-0.15, -0.1) is 0 Å². The number of hydrogen-bond acceptors (Lipinski definition) is 5. The summed E-state index contributed by atoms with van der Waals surface area (Å²) in [6, 6.07) is 4.62. The number of nitrogens with zero attached hydrogens (tertiary/aromatic N) is 1. The first-order valence-corrected chi connectivity index (χ1v) is 7.71. The normalized spacial score (nSPS) is 10.6. The van der Waals surface area contributed by atoms with E-state index in [0.29, 0.717) is 27.9 Å². The number of oxazole rings is 1. The van der Waals surface area contributed by atoms with E-state index < -0.39 is 11.9 Å². The Kier molecular flexibility index (Phi) is 5.46. The molecule has 3 amide bonds. The number of urea groups is 1. The fourth-order valence-electron chi connectivity index (χ4n) is 1.51. The fourth-order valence-corrected chi connectivity index (χ4v) is 2.31. The van der Waals surface area contributed by atoms with Gasteiger partial charge in [-0.1, -0.05) is 30.3 Å². The second-order valence-electron chi connectivity index (χ2n) is 4.18. The Morgan fingerprint density at radius 2 is 2.24 bits per heavy atom. The maximum Gasteiger partial charge on any atom is 0.321 e. The highest BCUT2D eigenvalue weighted by atomic mass is 35.5. The molecule has 0 bridgehead atoms. The number of thioether (sulfide) groups is 1. The Labute approximate surface area is 130 Å². The summed E-state index contributed by atoms with van der Waals surface area (Å²) >= 11 is 6.96. The summed E-state index contributed by atoms with van der Waals surface area (Å²) in [5.74, 6) is -0.367. The third-order valence-corrected chi connectivity index (χ3v) is 3.51. The van der Waals surface area contributed by atoms with Crippen LogP contribution in [-0.4, -0.2) is 29.2 Å². The highest BCUT2D eigenvalue weighted by molar-refractivity contribution is 7.99. The van der Waals surface area contributed by atoms with E-state index in [4.69, 9.17) is 16.0 Å². The molecule has 112 valence electrons. The Morgan fingerprint density at radius 3 is 3.00 bits per heavy atom. The van der Waals surface area contributed by atoms with Crippen LogP contribution in [0.15, 0.2) is 27.8 Å². The number of benzene rings is 1. The summed E-state index contributed by atoms with van der Waals surface area (Å²) in [7, 11) is 0. The summed E-state index contributed by atoms with van der Waals surface area (Å²) in [4.78, 5) is 27.1. The van der Waals surface area contributed by atoms with Gasteiger partial charge in [-0.2, -0.15) is 0 Å². The van der Waals surface area contributed by atoms with Crippen molar-refractivity contribution in [3.05, 3.63) is 23.2 Å². The van der Waals surface area contributed by atoms with E-state index in [2.05, 4.69) is 15.6 Å². The van der Waals surface area contributed by atoms with Crippen molar-refractivity contribution in [2.75, 3.05) is 12.3 Å². The Balaban J connectivity index is 1.86. The molecule has 0 spiro atoms. The minimum Gasteiger partial charge on any atom is -0.431 e. The van der Waals surface area contributed by atoms with Crippen LogP contribution >= 0.6 is 23.4 Å². The predicted octanol–water partition coefficient (Wildman–Crippen LogP) is 2.81. The first kappa shape index (κ1) is 15.7. The van der Waals surface area contributed by atoms with Crippen molar-refractivity contribution in [2.45, 2.75) is 18.6 Å². The van der Waals surface area contributed by atoms with Crippen molar-refractivity contribution < 1.29 is 14.0 Å². The number of halogens is 1. The van der Waals surface area contributed by atoms with Gasteiger partial charge in [-0.25, -0.2) is 9.78 Å². The lowest BCUT2D eigenvalue weighted by atomic mass is 10.3. The third kappa shape index (κ3) is 4.64. The molecule has 0 aliphatic rings. The summed E-state index contributed by atoms with van der Waals surface area (Å²) in [5.41, 5.74) is 1.23. The van der Waals surface area contributed by atoms with E-state index in [1.807, 2.05) is 6.92 Å². The molecule has 0 aliphatic carbocycles. The first-order valence-electron chi connectivity index (χ1n) is 6.35. The quantitative estimate of drug-likeness (QED) is 0.825. The molecule has 0 unspecified atom stereocenters. The zero-order chi connectivity index (χ0) is 15.2. The molecule has 0 atom stereocenters. The molecule has 2 aromatic rings. The number of imide groups is 1. The van der Waals surface area contributed by atoms with Gasteiger partial charge >= 0.3 is 6.03 Å². The van der Waals surface area contributed by atoms with Crippen molar-refractivity contribution in [3.63, 3.8) is 0 Å². The Morgan fingerprint density at radius 1 is 1.43 bits per heavy atom. The van der Waals surface area contributed by atoms with Gasteiger partial charge in [0.15, 0.2) is 5.58 Å². The van der Waals surface area contributed by atoms with Gasteiger partial charge in [0, 0.05) is 17.6 Å². The minimum absolute atomic E-state index is 0.0418. The maximum absolute atomic E-state index is 11.6. The molecular weight excluding hydrogens is 314 g/mol. The third-order valence-electron chi connectivity index (χ3n) is 2.45. The summed E-state index contributed by atoms with van der Waals surface area (Å²) in [5, 5.41) is 5.70. The molecule has 2 rings (SSSR count). The van der Waals surface area contributed by atoms with Gasteiger partial charge in [0.05, 0.1) is 5.75 Å². The van der Waals surface area contributed by atoms with Crippen LogP contribution in [0.3, 0.4) is 0 Å². The minimum atomic E-state index is -0.494. The molecule has 21 heavy (non-hydrogen) atoms. The number of amides is 3. The molecule has 1 heterocycles. The van der Waals surface area contributed by atoms with Crippen LogP contribution in [0.25, 0.3) is 11.1 Å². The van der Waals surface area contributed by atoms with Crippen molar-refractivity contribution in [1.82, 2.24) is 15.6 Å². The molecule has 0 aliphatic heterocycles. The van der Waals surface area contributed by atoms with Crippen LogP contribution in [0.2, 0.25) is 5.02 Å². The summed E-state index contributed by atoms with van der Waals surface area (Å²) in [6.45, 7) is 2.45. The topological polar surface area (TPSA) is 84.2 Å². The highest BCUT2D eigenvalue weighted by Crippen LogP contribution is 2.25. The van der Waals surface area contributed by atoms with Crippen LogP contribution in [0, 0.1) is 0 Å². The van der Waals surface area contributed by atoms with Crippen molar-refractivity contribution in [3.8, 4) is 0 Å². The fraction of sp³-hybridized carbons (Fsp3) is 0.308. The van der Waals surface area contributed by atoms with Crippen molar-refractivity contribution in [2.24, 2.45) is 0 Å². The Bertz CT molecular complexity index is 659. The van der Waals surface area contributed by atoms with Gasteiger partial charge in [-0.3, -0.25) is 10.1 Å². The summed E-state index contributed by atoms with van der Waals surface area (Å²) in [6.07, 6.45) is 0.807. The average molecular weight is 328 g/mol. The number of nitrogens with one attached hydrogen (secondary N) is 2. The van der Waals surface area contributed by atoms with E-state index in [9.17, 15) is 9.59 Å². The number of fused-ring (bicyclic) bond motifs is 1. The molecule has 8 heteroatoms. The maximum atomic E-state index is 11.6. The number of carbonyl (C=O) groups excluding carboxylic acids is 2. The van der Waals surface area contributed by atoms with E-state index in [1.165, 1.54) is 0 Å². The second kappa shape index (κ2) is 7.33. The van der Waals surface area contributed by atoms with Crippen LogP contribution in [0.1, 0.15) is 13.3 Å². The molecule has 0 fully saturated rings. The molecule has 0 radical (unpaired) electrons. The lowest BCUT2D eigenvalue weighted by molar-refractivity contribution is -0.117. The van der Waals surface area contributed by atoms with Crippen LogP contribution < -0.4 is 10.6 Å². The molecular formula is C13H14ClN3O3S. The van der Waals surface area contributed by atoms with Crippen LogP contribution in [0.4, 0.5) is 4.79 Å². The van der Waals surface area contributed by atoms with Gasteiger partial charge < -0.3 is 9.73 Å². The summed E-state index contributed by atoms with van der Waals surface area (Å²) < 4.78 is 5.46. The molecule has 6 nitrogen and oxygen atoms in total. The average Bonchev–Trinajstić information content (AvgIpc) is 2.85. The van der Waals surface area contributed by atoms with Gasteiger partial charge in [0.1, 0.15) is 5.52 Å². The van der Waals surface area contributed by atoms with E-state index in [1.54, 1.807) is 18.2 Å². The molecule has 1 aromatic heterocycles. The number of aromatic nitrogens is 1. The first-order chi connectivity index (χ1) is 10.1. The lowest BCUT2D eigenvalue weighted by Gasteiger charge is -2.04. The lowest BCUT2D eigenvalue weighted by Crippen LogP contribution is -2.40. The van der Waals surface area contributed by atoms with Crippen LogP contribution in [0.5, 0.6) is 0 Å². The molecule has 0 saturated heterocycles. The number of rotatable bonds is 5. The van der Waals surface area contributed by atoms with Crippen LogP contribution in [-0.2, 0) is 4.79 Å². The zero-order valence-electron chi connectivity index (χ0n) is 11.3. The van der Waals surface area contributed by atoms with E-state index >= 15 is 0 Å². The zero-order valence-corrected chi connectivity index (χ0v) is 12.9. The predicted molar refractivity (Wildman–Crippen MR) is 81.6 cm³/mol. The largest absolute Gasteiger partial charge is 0.431 e. The second-order valence-corrected chi connectivity index (χ2v) is 5.55. The Hall–Kier alpha value is -1.73. The molecule has 2 N–H and O–H groups in total. The monoisotopic (exact) mass is 327 g/mol. The van der Waals surface area contributed by atoms with Crippen molar-refractivity contribution in [1.29, 1.82) is 0 Å². The van der Waals surface area contributed by atoms with Gasteiger partial charge in [-0.05, 0) is 18.6 Å². The van der Waals surface area contributed by atoms with E-state index in [0.717, 1.165) is 18.2 Å². The number of hydrogen-bond donors (Lipinski definition) is 2. The SMILES string of the molecule is CCCNC(=O)NC(=O)CSc1nc2ccc(Cl)cc2o1. The van der Waals surface area contributed by atoms with Gasteiger partial charge in [0.25, 0.3) is 5.22 Å². The number of carbonyl (C=O) groups is 2. The highest BCUT2D eigenvalue weighted by Gasteiger charge is 2.11. The molecule has 0 saturated carbocycles.